The number of nitrogens with one attached hydrogen (secondary N) is 3. The second-order valence-corrected chi connectivity index (χ2v) is 6.61. The van der Waals surface area contributed by atoms with E-state index in [2.05, 4.69) is 70.0 Å². The van der Waals surface area contributed by atoms with Crippen LogP contribution >= 0.6 is 0 Å². The topological polar surface area (TPSA) is 36.1 Å². The van der Waals surface area contributed by atoms with Crippen LogP contribution in [0.15, 0.2) is 50.6 Å². The van der Waals surface area contributed by atoms with Crippen LogP contribution in [-0.4, -0.2) is 22.4 Å². The van der Waals surface area contributed by atoms with E-state index in [1.165, 1.54) is 0 Å². The summed E-state index contributed by atoms with van der Waals surface area (Å²) in [4.78, 5) is 0. The fraction of sp³-hybridized carbons (Fsp3) is 0.529. The maximum atomic E-state index is 3.98. The van der Waals surface area contributed by atoms with E-state index in [1.807, 2.05) is 24.3 Å². The standard InChI is InChI=1S/C17H29N3/c1-9-14(5)13-15(6,10-2)19-17(8,12-4)20-16(7,11-3)18-14/h9-12,18-20H,1-4,13H2,5-8H3. The van der Waals surface area contributed by atoms with Gasteiger partial charge in [0, 0.05) is 11.1 Å². The minimum Gasteiger partial charge on any atom is -0.287 e. The number of rotatable bonds is 4. The Bertz CT molecular complexity index is 334. The Morgan fingerprint density at radius 2 is 1.00 bits per heavy atom. The van der Waals surface area contributed by atoms with Gasteiger partial charge in [0.15, 0.2) is 0 Å². The highest BCUT2D eigenvalue weighted by atomic mass is 15.3. The third-order valence-corrected chi connectivity index (χ3v) is 4.06. The summed E-state index contributed by atoms with van der Waals surface area (Å²) in [6.07, 6.45) is 8.44. The number of hydrogen-bond acceptors (Lipinski definition) is 3. The summed E-state index contributed by atoms with van der Waals surface area (Å²) in [5.41, 5.74) is -1.40. The van der Waals surface area contributed by atoms with Crippen molar-refractivity contribution in [3.8, 4) is 0 Å². The zero-order valence-corrected chi connectivity index (χ0v) is 13.3. The first-order valence-corrected chi connectivity index (χ1v) is 6.99. The van der Waals surface area contributed by atoms with E-state index in [0.717, 1.165) is 6.42 Å². The predicted molar refractivity (Wildman–Crippen MR) is 88.4 cm³/mol. The average Bonchev–Trinajstić information content (AvgIpc) is 2.36. The molecule has 0 aromatic heterocycles. The molecule has 3 N–H and O–H groups in total. The molecule has 1 rings (SSSR count). The van der Waals surface area contributed by atoms with E-state index < -0.39 is 11.3 Å². The van der Waals surface area contributed by atoms with Crippen LogP contribution in [-0.2, 0) is 0 Å². The third-order valence-electron chi connectivity index (χ3n) is 4.06. The SMILES string of the molecule is C=CC1(C)CC(C)(C=C)NC(C)(C=C)NC(C)(C=C)N1. The molecule has 0 radical (unpaired) electrons. The van der Waals surface area contributed by atoms with Crippen LogP contribution in [0.5, 0.6) is 0 Å². The number of hydrogen-bond donors (Lipinski definition) is 3. The molecule has 3 nitrogen and oxygen atoms in total. The van der Waals surface area contributed by atoms with Crippen molar-refractivity contribution in [3.05, 3.63) is 50.6 Å². The average molecular weight is 275 g/mol. The van der Waals surface area contributed by atoms with E-state index in [1.54, 1.807) is 0 Å². The second kappa shape index (κ2) is 5.32. The van der Waals surface area contributed by atoms with Crippen molar-refractivity contribution in [1.82, 2.24) is 16.0 Å². The molecule has 4 atom stereocenters. The normalized spacial score (nSPS) is 45.8. The fourth-order valence-corrected chi connectivity index (χ4v) is 3.09. The van der Waals surface area contributed by atoms with Crippen LogP contribution in [0, 0.1) is 0 Å². The van der Waals surface area contributed by atoms with Crippen molar-refractivity contribution in [2.24, 2.45) is 0 Å². The molecule has 1 saturated heterocycles. The van der Waals surface area contributed by atoms with Gasteiger partial charge >= 0.3 is 0 Å². The van der Waals surface area contributed by atoms with Crippen molar-refractivity contribution >= 4 is 0 Å². The molecule has 20 heavy (non-hydrogen) atoms. The monoisotopic (exact) mass is 275 g/mol. The largest absolute Gasteiger partial charge is 0.287 e. The first-order valence-electron chi connectivity index (χ1n) is 6.99. The van der Waals surface area contributed by atoms with Crippen molar-refractivity contribution in [2.45, 2.75) is 56.5 Å². The van der Waals surface area contributed by atoms with Gasteiger partial charge in [-0.25, -0.2) is 0 Å². The Hall–Kier alpha value is -1.16. The van der Waals surface area contributed by atoms with E-state index in [4.69, 9.17) is 0 Å². The van der Waals surface area contributed by atoms with Gasteiger partial charge < -0.3 is 0 Å². The second-order valence-electron chi connectivity index (χ2n) is 6.61. The molecule has 1 aliphatic heterocycles. The van der Waals surface area contributed by atoms with Crippen LogP contribution in [0.25, 0.3) is 0 Å². The van der Waals surface area contributed by atoms with Gasteiger partial charge in [-0.15, -0.1) is 13.2 Å². The minimum atomic E-state index is -0.443. The summed E-state index contributed by atoms with van der Waals surface area (Å²) >= 11 is 0. The maximum absolute atomic E-state index is 3.98. The molecule has 3 heteroatoms. The van der Waals surface area contributed by atoms with Crippen molar-refractivity contribution < 1.29 is 0 Å². The Morgan fingerprint density at radius 1 is 0.650 bits per heavy atom. The molecule has 1 aliphatic rings. The van der Waals surface area contributed by atoms with Gasteiger partial charge in [0.2, 0.25) is 0 Å². The Morgan fingerprint density at radius 3 is 1.25 bits per heavy atom. The molecule has 0 aromatic rings. The summed E-state index contributed by atoms with van der Waals surface area (Å²) in [7, 11) is 0. The van der Waals surface area contributed by atoms with Gasteiger partial charge in [-0.3, -0.25) is 16.0 Å². The summed E-state index contributed by atoms with van der Waals surface area (Å²) in [6.45, 7) is 24.2. The van der Waals surface area contributed by atoms with Gasteiger partial charge in [-0.05, 0) is 34.1 Å². The summed E-state index contributed by atoms with van der Waals surface area (Å²) in [6, 6.07) is 0. The first kappa shape index (κ1) is 16.9. The van der Waals surface area contributed by atoms with Crippen LogP contribution in [0.3, 0.4) is 0 Å². The lowest BCUT2D eigenvalue weighted by Gasteiger charge is -2.52. The van der Waals surface area contributed by atoms with E-state index in [0.29, 0.717) is 0 Å². The van der Waals surface area contributed by atoms with Crippen LogP contribution in [0.1, 0.15) is 34.1 Å². The third kappa shape index (κ3) is 3.48. The van der Waals surface area contributed by atoms with E-state index in [-0.39, 0.29) is 11.1 Å². The molecule has 0 saturated carbocycles. The first-order chi connectivity index (χ1) is 9.07. The summed E-state index contributed by atoms with van der Waals surface area (Å²) in [5.74, 6) is 0. The van der Waals surface area contributed by atoms with Gasteiger partial charge in [-0.2, -0.15) is 0 Å². The quantitative estimate of drug-likeness (QED) is 0.691. The predicted octanol–water partition coefficient (Wildman–Crippen LogP) is 2.85. The molecule has 0 amide bonds. The van der Waals surface area contributed by atoms with Crippen LogP contribution in [0.4, 0.5) is 0 Å². The lowest BCUT2D eigenvalue weighted by molar-refractivity contribution is 0.121. The van der Waals surface area contributed by atoms with Gasteiger partial charge in [0.25, 0.3) is 0 Å². The smallest absolute Gasteiger partial charge is 0.0870 e. The highest BCUT2D eigenvalue weighted by Gasteiger charge is 2.44. The van der Waals surface area contributed by atoms with Crippen molar-refractivity contribution in [1.29, 1.82) is 0 Å². The zero-order chi connectivity index (χ0) is 15.7. The zero-order valence-electron chi connectivity index (χ0n) is 13.3. The Kier molecular flexibility index (Phi) is 4.49. The molecule has 1 heterocycles. The molecule has 0 spiro atoms. The highest BCUT2D eigenvalue weighted by molar-refractivity contribution is 5.21. The molecular weight excluding hydrogens is 246 g/mol. The van der Waals surface area contributed by atoms with E-state index >= 15 is 0 Å². The van der Waals surface area contributed by atoms with E-state index in [9.17, 15) is 0 Å². The molecular formula is C17H29N3. The van der Waals surface area contributed by atoms with Crippen molar-refractivity contribution in [3.63, 3.8) is 0 Å². The lowest BCUT2D eigenvalue weighted by atomic mass is 9.81. The molecule has 0 bridgehead atoms. The molecule has 0 aliphatic carbocycles. The van der Waals surface area contributed by atoms with Crippen molar-refractivity contribution in [2.75, 3.05) is 0 Å². The molecule has 1 fully saturated rings. The summed E-state index contributed by atoms with van der Waals surface area (Å²) in [5, 5.41) is 10.7. The van der Waals surface area contributed by atoms with Gasteiger partial charge in [0.05, 0.1) is 11.3 Å². The van der Waals surface area contributed by atoms with Gasteiger partial charge in [-0.1, -0.05) is 37.5 Å². The Labute approximate surface area is 123 Å². The lowest BCUT2D eigenvalue weighted by Crippen LogP contribution is -2.75. The minimum absolute atomic E-state index is 0.256. The molecule has 112 valence electrons. The van der Waals surface area contributed by atoms with Crippen LogP contribution < -0.4 is 16.0 Å². The van der Waals surface area contributed by atoms with Crippen LogP contribution in [0.2, 0.25) is 0 Å². The summed E-state index contributed by atoms with van der Waals surface area (Å²) < 4.78 is 0. The molecule has 0 aromatic carbocycles. The molecule has 4 unspecified atom stereocenters. The Balaban J connectivity index is 3.31. The fourth-order valence-electron chi connectivity index (χ4n) is 3.09. The highest BCUT2D eigenvalue weighted by Crippen LogP contribution is 2.30. The maximum Gasteiger partial charge on any atom is 0.0870 e. The van der Waals surface area contributed by atoms with Gasteiger partial charge in [0.1, 0.15) is 0 Å².